The third kappa shape index (κ3) is 3.99. The summed E-state index contributed by atoms with van der Waals surface area (Å²) in [6.07, 6.45) is 4.35. The van der Waals surface area contributed by atoms with Crippen LogP contribution in [-0.2, 0) is 11.3 Å². The molecule has 2 aliphatic heterocycles. The lowest BCUT2D eigenvalue weighted by Gasteiger charge is -2.25. The Balaban J connectivity index is 1.57. The summed E-state index contributed by atoms with van der Waals surface area (Å²) in [6, 6.07) is 7.97. The topological polar surface area (TPSA) is 62.4 Å². The van der Waals surface area contributed by atoms with E-state index in [2.05, 4.69) is 16.0 Å². The van der Waals surface area contributed by atoms with E-state index in [0.717, 1.165) is 56.6 Å². The molecule has 0 saturated carbocycles. The van der Waals surface area contributed by atoms with Crippen LogP contribution in [0.15, 0.2) is 24.3 Å². The fourth-order valence-electron chi connectivity index (χ4n) is 3.07. The molecule has 120 valence electrons. The van der Waals surface area contributed by atoms with Crippen LogP contribution >= 0.6 is 0 Å². The van der Waals surface area contributed by atoms with Gasteiger partial charge in [0.15, 0.2) is 0 Å². The third-order valence-electron chi connectivity index (χ3n) is 4.38. The molecule has 1 aromatic rings. The van der Waals surface area contributed by atoms with Crippen LogP contribution in [0.3, 0.4) is 0 Å². The van der Waals surface area contributed by atoms with Crippen molar-refractivity contribution in [3.05, 3.63) is 29.8 Å². The van der Waals surface area contributed by atoms with Crippen molar-refractivity contribution in [2.75, 3.05) is 19.6 Å². The van der Waals surface area contributed by atoms with Crippen molar-refractivity contribution in [1.29, 1.82) is 0 Å². The summed E-state index contributed by atoms with van der Waals surface area (Å²) in [4.78, 5) is 12.1. The molecule has 0 radical (unpaired) electrons. The summed E-state index contributed by atoms with van der Waals surface area (Å²) in [6.45, 7) is 3.49. The van der Waals surface area contributed by atoms with Gasteiger partial charge in [0.05, 0.1) is 6.04 Å². The molecule has 2 heterocycles. The van der Waals surface area contributed by atoms with Gasteiger partial charge in [0, 0.05) is 12.1 Å². The quantitative estimate of drug-likeness (QED) is 0.764. The summed E-state index contributed by atoms with van der Waals surface area (Å²) in [5.41, 5.74) is 1.05. The van der Waals surface area contributed by atoms with E-state index in [0.29, 0.717) is 6.54 Å². The van der Waals surface area contributed by atoms with Crippen molar-refractivity contribution in [2.45, 2.75) is 44.4 Å². The summed E-state index contributed by atoms with van der Waals surface area (Å²) in [5.74, 6) is 0.989. The standard InChI is InChI=1S/C17H25N3O2/c21-17(15-5-3-9-19-15)20-12-13-4-1-2-6-16(13)22-14-7-10-18-11-8-14/h1-2,4,6,14-15,18-19H,3,5,7-12H2,(H,20,21). The molecule has 1 unspecified atom stereocenters. The average molecular weight is 303 g/mol. The Morgan fingerprint density at radius 3 is 2.77 bits per heavy atom. The van der Waals surface area contributed by atoms with Crippen LogP contribution in [0.5, 0.6) is 5.75 Å². The molecule has 2 saturated heterocycles. The highest BCUT2D eigenvalue weighted by atomic mass is 16.5. The molecule has 1 amide bonds. The van der Waals surface area contributed by atoms with Crippen LogP contribution in [0.2, 0.25) is 0 Å². The number of hydrogen-bond donors (Lipinski definition) is 3. The molecule has 5 nitrogen and oxygen atoms in total. The summed E-state index contributed by atoms with van der Waals surface area (Å²) >= 11 is 0. The first kappa shape index (κ1) is 15.3. The Bertz CT molecular complexity index is 494. The maximum atomic E-state index is 12.1. The number of nitrogens with one attached hydrogen (secondary N) is 3. The normalized spacial score (nSPS) is 22.5. The van der Waals surface area contributed by atoms with Crippen molar-refractivity contribution >= 4 is 5.91 Å². The van der Waals surface area contributed by atoms with Gasteiger partial charge in [0.1, 0.15) is 11.9 Å². The van der Waals surface area contributed by atoms with Crippen molar-refractivity contribution in [1.82, 2.24) is 16.0 Å². The SMILES string of the molecule is O=C(NCc1ccccc1OC1CCNCC1)C1CCCN1. The van der Waals surface area contributed by atoms with Crippen LogP contribution < -0.4 is 20.7 Å². The molecule has 1 aromatic carbocycles. The Morgan fingerprint density at radius 1 is 1.18 bits per heavy atom. The van der Waals surface area contributed by atoms with E-state index in [1.54, 1.807) is 0 Å². The Hall–Kier alpha value is -1.59. The maximum absolute atomic E-state index is 12.1. The molecular formula is C17H25N3O2. The molecule has 2 fully saturated rings. The van der Waals surface area contributed by atoms with E-state index in [1.807, 2.05) is 24.3 Å². The number of carbonyl (C=O) groups is 1. The van der Waals surface area contributed by atoms with Crippen molar-refractivity contribution in [2.24, 2.45) is 0 Å². The van der Waals surface area contributed by atoms with Gasteiger partial charge in [0.2, 0.25) is 5.91 Å². The van der Waals surface area contributed by atoms with E-state index < -0.39 is 0 Å². The van der Waals surface area contributed by atoms with Gasteiger partial charge in [-0.1, -0.05) is 18.2 Å². The van der Waals surface area contributed by atoms with Crippen LogP contribution in [0.25, 0.3) is 0 Å². The molecule has 0 bridgehead atoms. The van der Waals surface area contributed by atoms with Gasteiger partial charge in [-0.25, -0.2) is 0 Å². The first-order valence-corrected chi connectivity index (χ1v) is 8.29. The number of rotatable bonds is 5. The second-order valence-corrected chi connectivity index (χ2v) is 6.04. The van der Waals surface area contributed by atoms with Crippen molar-refractivity contribution < 1.29 is 9.53 Å². The minimum atomic E-state index is -0.0301. The zero-order chi connectivity index (χ0) is 15.2. The fourth-order valence-corrected chi connectivity index (χ4v) is 3.07. The number of piperidine rings is 1. The highest BCUT2D eigenvalue weighted by molar-refractivity contribution is 5.82. The number of benzene rings is 1. The number of carbonyl (C=O) groups excluding carboxylic acids is 1. The molecule has 1 atom stereocenters. The molecule has 0 aromatic heterocycles. The highest BCUT2D eigenvalue weighted by Crippen LogP contribution is 2.22. The largest absolute Gasteiger partial charge is 0.490 e. The van der Waals surface area contributed by atoms with Crippen LogP contribution in [-0.4, -0.2) is 37.7 Å². The number of hydrogen-bond acceptors (Lipinski definition) is 4. The number of ether oxygens (including phenoxy) is 1. The van der Waals surface area contributed by atoms with Crippen molar-refractivity contribution in [3.8, 4) is 5.75 Å². The Morgan fingerprint density at radius 2 is 2.00 bits per heavy atom. The second-order valence-electron chi connectivity index (χ2n) is 6.04. The summed E-state index contributed by atoms with van der Waals surface area (Å²) in [7, 11) is 0. The minimum Gasteiger partial charge on any atom is -0.490 e. The van der Waals surface area contributed by atoms with Gasteiger partial charge in [0.25, 0.3) is 0 Å². The zero-order valence-electron chi connectivity index (χ0n) is 12.9. The molecule has 2 aliphatic rings. The van der Waals surface area contributed by atoms with Gasteiger partial charge in [-0.2, -0.15) is 0 Å². The van der Waals surface area contributed by atoms with Crippen LogP contribution in [0.1, 0.15) is 31.2 Å². The minimum absolute atomic E-state index is 0.0301. The van der Waals surface area contributed by atoms with Gasteiger partial charge >= 0.3 is 0 Å². The summed E-state index contributed by atoms with van der Waals surface area (Å²) < 4.78 is 6.14. The van der Waals surface area contributed by atoms with Gasteiger partial charge < -0.3 is 20.7 Å². The smallest absolute Gasteiger partial charge is 0.237 e. The second kappa shape index (κ2) is 7.61. The van der Waals surface area contributed by atoms with Crippen molar-refractivity contribution in [3.63, 3.8) is 0 Å². The maximum Gasteiger partial charge on any atom is 0.237 e. The molecule has 0 aliphatic carbocycles. The fraction of sp³-hybridized carbons (Fsp3) is 0.588. The predicted molar refractivity (Wildman–Crippen MR) is 85.8 cm³/mol. The van der Waals surface area contributed by atoms with Gasteiger partial charge in [-0.05, 0) is 51.4 Å². The van der Waals surface area contributed by atoms with Gasteiger partial charge in [-0.15, -0.1) is 0 Å². The lowest BCUT2D eigenvalue weighted by atomic mass is 10.1. The number of amides is 1. The van der Waals surface area contributed by atoms with E-state index in [1.165, 1.54) is 0 Å². The van der Waals surface area contributed by atoms with Gasteiger partial charge in [-0.3, -0.25) is 4.79 Å². The molecule has 0 spiro atoms. The van der Waals surface area contributed by atoms with E-state index in [4.69, 9.17) is 4.74 Å². The lowest BCUT2D eigenvalue weighted by Crippen LogP contribution is -2.40. The predicted octanol–water partition coefficient (Wildman–Crippen LogP) is 1.19. The monoisotopic (exact) mass is 303 g/mol. The van der Waals surface area contributed by atoms with E-state index in [-0.39, 0.29) is 18.1 Å². The Kier molecular flexibility index (Phi) is 5.29. The number of para-hydroxylation sites is 1. The Labute approximate surface area is 131 Å². The third-order valence-corrected chi connectivity index (χ3v) is 4.38. The lowest BCUT2D eigenvalue weighted by molar-refractivity contribution is -0.122. The van der Waals surface area contributed by atoms with E-state index >= 15 is 0 Å². The average Bonchev–Trinajstić information content (AvgIpc) is 3.09. The molecule has 3 rings (SSSR count). The first-order chi connectivity index (χ1) is 10.8. The highest BCUT2D eigenvalue weighted by Gasteiger charge is 2.22. The molecule has 5 heteroatoms. The molecular weight excluding hydrogens is 278 g/mol. The zero-order valence-corrected chi connectivity index (χ0v) is 12.9. The summed E-state index contributed by atoms with van der Waals surface area (Å²) in [5, 5.41) is 9.59. The van der Waals surface area contributed by atoms with Crippen LogP contribution in [0, 0.1) is 0 Å². The van der Waals surface area contributed by atoms with E-state index in [9.17, 15) is 4.79 Å². The molecule has 22 heavy (non-hydrogen) atoms. The molecule has 3 N–H and O–H groups in total. The van der Waals surface area contributed by atoms with Crippen LogP contribution in [0.4, 0.5) is 0 Å². The first-order valence-electron chi connectivity index (χ1n) is 8.29.